The van der Waals surface area contributed by atoms with E-state index >= 15 is 0 Å². The molecule has 0 aromatic heterocycles. The zero-order valence-electron chi connectivity index (χ0n) is 11.2. The number of rotatable bonds is 0. The van der Waals surface area contributed by atoms with Crippen LogP contribution in [0.4, 0.5) is 0 Å². The summed E-state index contributed by atoms with van der Waals surface area (Å²) in [5.41, 5.74) is -0.972. The van der Waals surface area contributed by atoms with E-state index in [4.69, 9.17) is 15.3 Å². The third kappa shape index (κ3) is 16.4. The maximum atomic E-state index is 10.0. The van der Waals surface area contributed by atoms with E-state index in [1.54, 1.807) is 41.5 Å². The van der Waals surface area contributed by atoms with Crippen LogP contribution >= 0.6 is 0 Å². The third-order valence-electron chi connectivity index (χ3n) is 1.42. The van der Waals surface area contributed by atoms with E-state index in [9.17, 15) is 4.79 Å². The summed E-state index contributed by atoms with van der Waals surface area (Å²) < 4.78 is 0. The molecule has 0 fully saturated rings. The van der Waals surface area contributed by atoms with Gasteiger partial charge >= 0.3 is 25.4 Å². The summed E-state index contributed by atoms with van der Waals surface area (Å²) in [7, 11) is 0. The minimum Gasteiger partial charge on any atom is -0.481 e. The van der Waals surface area contributed by atoms with Crippen LogP contribution in [0.3, 0.4) is 0 Å². The van der Waals surface area contributed by atoms with Crippen LogP contribution in [0.25, 0.3) is 0 Å². The first-order valence-corrected chi connectivity index (χ1v) is 4.48. The minimum atomic E-state index is -1.20. The minimum absolute atomic E-state index is 0. The Balaban J connectivity index is -0.0000000800. The van der Waals surface area contributed by atoms with Gasteiger partial charge in [0.15, 0.2) is 6.29 Å². The Morgan fingerprint density at radius 1 is 1.00 bits per heavy atom. The molecule has 0 amide bonds. The second kappa shape index (κ2) is 9.09. The van der Waals surface area contributed by atoms with Crippen molar-refractivity contribution in [3.8, 4) is 0 Å². The Hall–Kier alpha value is 0.0134. The van der Waals surface area contributed by atoms with E-state index in [2.05, 4.69) is 0 Å². The molecule has 0 rings (SSSR count). The smallest absolute Gasteiger partial charge is 0.481 e. The first-order valence-electron chi connectivity index (χ1n) is 4.48. The fraction of sp³-hybridized carbons (Fsp3) is 0.818. The largest absolute Gasteiger partial charge is 1.00 e. The Morgan fingerprint density at radius 3 is 1.12 bits per heavy atom. The normalized spacial score (nSPS) is 10.6. The monoisotopic (exact) mass is 323 g/mol. The SMILES string of the molecule is CC(C)(C)C(=O)O.CC(C)(C)C(O)O.[CH3-].[Ru+]. The van der Waals surface area contributed by atoms with Crippen molar-refractivity contribution in [2.75, 3.05) is 0 Å². The number of carboxylic acid groups (broad SMARTS) is 1. The van der Waals surface area contributed by atoms with E-state index in [1.165, 1.54) is 0 Å². The summed E-state index contributed by atoms with van der Waals surface area (Å²) in [6.45, 7) is 10.3. The molecule has 0 aromatic rings. The molecule has 0 bridgehead atoms. The molecule has 0 aliphatic carbocycles. The zero-order valence-corrected chi connectivity index (χ0v) is 12.9. The molecular formula is C11H25O4Ru. The van der Waals surface area contributed by atoms with Crippen LogP contribution in [0.1, 0.15) is 41.5 Å². The van der Waals surface area contributed by atoms with Gasteiger partial charge in [0.25, 0.3) is 0 Å². The van der Waals surface area contributed by atoms with Crippen LogP contribution in [0, 0.1) is 18.3 Å². The Labute approximate surface area is 112 Å². The molecule has 1 radical (unpaired) electrons. The van der Waals surface area contributed by atoms with E-state index in [-0.39, 0.29) is 32.3 Å². The van der Waals surface area contributed by atoms with Gasteiger partial charge in [-0.3, -0.25) is 4.79 Å². The Morgan fingerprint density at radius 2 is 1.12 bits per heavy atom. The van der Waals surface area contributed by atoms with Gasteiger partial charge in [-0.1, -0.05) is 20.8 Å². The number of carboxylic acids is 1. The van der Waals surface area contributed by atoms with Crippen molar-refractivity contribution in [3.63, 3.8) is 0 Å². The number of carbonyl (C=O) groups is 1. The summed E-state index contributed by atoms with van der Waals surface area (Å²) in [4.78, 5) is 10.0. The summed E-state index contributed by atoms with van der Waals surface area (Å²) in [5, 5.41) is 25.1. The predicted octanol–water partition coefficient (Wildman–Crippen LogP) is 1.91. The van der Waals surface area contributed by atoms with Crippen molar-refractivity contribution in [1.29, 1.82) is 0 Å². The van der Waals surface area contributed by atoms with Crippen molar-refractivity contribution in [2.24, 2.45) is 10.8 Å². The number of aliphatic hydroxyl groups is 2. The van der Waals surface area contributed by atoms with Crippen LogP contribution in [-0.4, -0.2) is 27.6 Å². The second-order valence-electron chi connectivity index (χ2n) is 5.29. The summed E-state index contributed by atoms with van der Waals surface area (Å²) >= 11 is 0. The van der Waals surface area contributed by atoms with Crippen molar-refractivity contribution >= 4 is 5.97 Å². The Bertz CT molecular complexity index is 177. The molecule has 0 spiro atoms. The van der Waals surface area contributed by atoms with Crippen molar-refractivity contribution in [3.05, 3.63) is 7.43 Å². The molecule has 0 saturated heterocycles. The van der Waals surface area contributed by atoms with Gasteiger partial charge in [-0.2, -0.15) is 0 Å². The van der Waals surface area contributed by atoms with Gasteiger partial charge in [-0.05, 0) is 20.8 Å². The van der Waals surface area contributed by atoms with E-state index < -0.39 is 17.7 Å². The summed E-state index contributed by atoms with van der Waals surface area (Å²) in [6.07, 6.45) is -1.20. The fourth-order valence-electron chi connectivity index (χ4n) is 0. The molecular weight excluding hydrogens is 297 g/mol. The fourth-order valence-corrected chi connectivity index (χ4v) is 0. The maximum Gasteiger partial charge on any atom is 1.00 e. The average molecular weight is 322 g/mol. The molecule has 5 heteroatoms. The molecule has 101 valence electrons. The van der Waals surface area contributed by atoms with E-state index in [0.29, 0.717) is 0 Å². The molecule has 16 heavy (non-hydrogen) atoms. The first kappa shape index (κ1) is 25.0. The summed E-state index contributed by atoms with van der Waals surface area (Å²) in [5.74, 6) is -0.757. The van der Waals surface area contributed by atoms with E-state index in [0.717, 1.165) is 0 Å². The van der Waals surface area contributed by atoms with Gasteiger partial charge < -0.3 is 22.7 Å². The van der Waals surface area contributed by atoms with Crippen LogP contribution in [-0.2, 0) is 24.3 Å². The molecule has 0 saturated carbocycles. The van der Waals surface area contributed by atoms with Crippen molar-refractivity contribution < 1.29 is 39.6 Å². The first-order chi connectivity index (χ1) is 5.89. The molecule has 4 nitrogen and oxygen atoms in total. The standard InChI is InChI=1S/C5H12O2.C5H10O2.CH3.Ru/c2*1-5(2,3)4(6)7;;/h4,6-7H,1-3H3;1-3H3,(H,6,7);1H3;/q;;-1;+1. The van der Waals surface area contributed by atoms with Gasteiger partial charge in [0.1, 0.15) is 0 Å². The number of hydrogen-bond acceptors (Lipinski definition) is 3. The van der Waals surface area contributed by atoms with Gasteiger partial charge in [-0.15, -0.1) is 0 Å². The molecule has 0 unspecified atom stereocenters. The van der Waals surface area contributed by atoms with E-state index in [1.807, 2.05) is 0 Å². The van der Waals surface area contributed by atoms with Gasteiger partial charge in [0.05, 0.1) is 5.41 Å². The number of aliphatic carboxylic acids is 1. The molecule has 0 aromatic carbocycles. The molecule has 0 aliphatic rings. The maximum absolute atomic E-state index is 10.0. The third-order valence-corrected chi connectivity index (χ3v) is 1.42. The number of aliphatic hydroxyl groups excluding tert-OH is 1. The van der Waals surface area contributed by atoms with Gasteiger partial charge in [0.2, 0.25) is 0 Å². The van der Waals surface area contributed by atoms with Crippen LogP contribution in [0.2, 0.25) is 0 Å². The number of hydrogen-bond donors (Lipinski definition) is 3. The topological polar surface area (TPSA) is 77.8 Å². The quantitative estimate of drug-likeness (QED) is 0.362. The molecule has 0 aliphatic heterocycles. The molecule has 0 atom stereocenters. The van der Waals surface area contributed by atoms with Crippen LogP contribution in [0.15, 0.2) is 0 Å². The van der Waals surface area contributed by atoms with Gasteiger partial charge in [-0.25, -0.2) is 0 Å². The zero-order chi connectivity index (χ0) is 12.2. The van der Waals surface area contributed by atoms with Crippen LogP contribution in [0.5, 0.6) is 0 Å². The summed E-state index contributed by atoms with van der Waals surface area (Å²) in [6, 6.07) is 0. The van der Waals surface area contributed by atoms with Crippen molar-refractivity contribution in [1.82, 2.24) is 0 Å². The Kier molecular flexibility index (Phi) is 14.2. The molecule has 0 heterocycles. The van der Waals surface area contributed by atoms with Crippen molar-refractivity contribution in [2.45, 2.75) is 47.8 Å². The predicted molar refractivity (Wildman–Crippen MR) is 61.2 cm³/mol. The average Bonchev–Trinajstić information content (AvgIpc) is 1.83. The van der Waals surface area contributed by atoms with Crippen LogP contribution < -0.4 is 0 Å². The molecule has 3 N–H and O–H groups in total. The second-order valence-corrected chi connectivity index (χ2v) is 5.29. The van der Waals surface area contributed by atoms with Gasteiger partial charge in [0, 0.05) is 5.41 Å².